The Morgan fingerprint density at radius 2 is 1.23 bits per heavy atom. The number of phenolic OH excluding ortho intramolecular Hbond substituents is 1. The van der Waals surface area contributed by atoms with Crippen LogP contribution in [0.25, 0.3) is 10.8 Å². The fraction of sp³-hybridized carbons (Fsp3) is 0.326. The smallest absolute Gasteiger partial charge is 0.316 e. The van der Waals surface area contributed by atoms with Gasteiger partial charge in [-0.25, -0.2) is 0 Å². The van der Waals surface area contributed by atoms with Crippen molar-refractivity contribution in [3.05, 3.63) is 143 Å². The van der Waals surface area contributed by atoms with Crippen LogP contribution in [0.15, 0.2) is 115 Å². The van der Waals surface area contributed by atoms with Gasteiger partial charge in [0.25, 0.3) is 0 Å². The fourth-order valence-electron chi connectivity index (χ4n) is 5.67. The number of esters is 1. The molecule has 0 aliphatic heterocycles. The first-order valence-corrected chi connectivity index (χ1v) is 16.8. The van der Waals surface area contributed by atoms with Crippen LogP contribution < -0.4 is 4.74 Å². The van der Waals surface area contributed by atoms with Gasteiger partial charge in [-0.3, -0.25) is 4.79 Å². The SMILES string of the molecule is CC1c2cccc3cccc(c23)C1C.CCC(C)(C)C(=O)Oc1ccc(O)cc1.CCC(C)c1ccc(C(O)c2ccccc2)cc1. The molecule has 5 aromatic carbocycles. The molecule has 4 unspecified atom stereocenters. The normalized spacial score (nSPS) is 16.3. The maximum Gasteiger partial charge on any atom is 0.316 e. The number of hydrogen-bond donors (Lipinski definition) is 2. The van der Waals surface area contributed by atoms with Crippen molar-refractivity contribution in [1.29, 1.82) is 0 Å². The lowest BCUT2D eigenvalue weighted by Gasteiger charge is -2.19. The maximum absolute atomic E-state index is 11.7. The molecule has 0 fully saturated rings. The average molecular weight is 631 g/mol. The van der Waals surface area contributed by atoms with Crippen LogP contribution in [0.5, 0.6) is 11.5 Å². The number of aromatic hydroxyl groups is 1. The first kappa shape index (κ1) is 35.4. The summed E-state index contributed by atoms with van der Waals surface area (Å²) < 4.78 is 5.18. The molecule has 4 heteroatoms. The summed E-state index contributed by atoms with van der Waals surface area (Å²) in [7, 11) is 0. The Morgan fingerprint density at radius 1 is 0.723 bits per heavy atom. The van der Waals surface area contributed by atoms with Gasteiger partial charge in [-0.15, -0.1) is 0 Å². The standard InChI is InChI=1S/C17H20O.C14H14.C12H16O3/c1-3-13(2)14-9-11-16(12-10-14)17(18)15-7-5-4-6-8-15;1-9-10(2)13-8-4-6-11-5-3-7-12(9)14(11)13;1-4-12(2,3)11(14)15-10-7-5-9(13)6-8-10/h4-13,17-18H,3H2,1-2H3;3-10H,1-2H3;5-8,13H,4H2,1-3H3. The summed E-state index contributed by atoms with van der Waals surface area (Å²) in [6, 6.07) is 37.5. The van der Waals surface area contributed by atoms with Crippen molar-refractivity contribution in [3.63, 3.8) is 0 Å². The number of aliphatic hydroxyl groups is 1. The van der Waals surface area contributed by atoms with E-state index in [4.69, 9.17) is 9.84 Å². The molecule has 47 heavy (non-hydrogen) atoms. The summed E-state index contributed by atoms with van der Waals surface area (Å²) in [5.41, 5.74) is 5.82. The molecule has 1 aliphatic carbocycles. The predicted molar refractivity (Wildman–Crippen MR) is 194 cm³/mol. The lowest BCUT2D eigenvalue weighted by Crippen LogP contribution is -2.28. The van der Waals surface area contributed by atoms with Gasteiger partial charge in [-0.1, -0.05) is 126 Å². The van der Waals surface area contributed by atoms with Crippen LogP contribution in [0.1, 0.15) is 113 Å². The monoisotopic (exact) mass is 630 g/mol. The molecule has 6 rings (SSSR count). The molecular formula is C43H50O4. The van der Waals surface area contributed by atoms with Crippen LogP contribution in [0.2, 0.25) is 0 Å². The van der Waals surface area contributed by atoms with E-state index in [2.05, 4.69) is 76.2 Å². The number of carbonyl (C=O) groups excluding carboxylic acids is 1. The van der Waals surface area contributed by atoms with E-state index >= 15 is 0 Å². The Morgan fingerprint density at radius 3 is 1.74 bits per heavy atom. The molecule has 1 aliphatic rings. The average Bonchev–Trinajstić information content (AvgIpc) is 3.36. The minimum atomic E-state index is -0.530. The van der Waals surface area contributed by atoms with Crippen molar-refractivity contribution in [2.24, 2.45) is 5.41 Å². The highest BCUT2D eigenvalue weighted by Crippen LogP contribution is 2.45. The van der Waals surface area contributed by atoms with E-state index in [0.717, 1.165) is 24.0 Å². The molecule has 0 saturated heterocycles. The maximum atomic E-state index is 11.7. The number of ether oxygens (including phenoxy) is 1. The molecule has 0 aromatic heterocycles. The van der Waals surface area contributed by atoms with Gasteiger partial charge in [0.05, 0.1) is 5.41 Å². The van der Waals surface area contributed by atoms with Gasteiger partial charge in [0.1, 0.15) is 17.6 Å². The summed E-state index contributed by atoms with van der Waals surface area (Å²) in [5, 5.41) is 22.2. The summed E-state index contributed by atoms with van der Waals surface area (Å²) in [6.07, 6.45) is 1.34. The first-order valence-electron chi connectivity index (χ1n) is 16.8. The van der Waals surface area contributed by atoms with Crippen molar-refractivity contribution in [2.45, 2.75) is 85.2 Å². The number of carbonyl (C=O) groups is 1. The molecule has 0 amide bonds. The Balaban J connectivity index is 0.000000161. The zero-order valence-corrected chi connectivity index (χ0v) is 28.9. The summed E-state index contributed by atoms with van der Waals surface area (Å²) in [6.45, 7) is 14.7. The van der Waals surface area contributed by atoms with E-state index in [0.29, 0.717) is 23.5 Å². The third-order valence-electron chi connectivity index (χ3n) is 9.73. The van der Waals surface area contributed by atoms with E-state index in [1.165, 1.54) is 39.6 Å². The molecular weight excluding hydrogens is 580 g/mol. The zero-order chi connectivity index (χ0) is 34.1. The van der Waals surface area contributed by atoms with E-state index in [1.807, 2.05) is 63.2 Å². The van der Waals surface area contributed by atoms with E-state index in [-0.39, 0.29) is 11.7 Å². The number of hydrogen-bond acceptors (Lipinski definition) is 4. The molecule has 0 heterocycles. The van der Waals surface area contributed by atoms with Crippen LogP contribution in [0.4, 0.5) is 0 Å². The van der Waals surface area contributed by atoms with Gasteiger partial charge in [0.15, 0.2) is 0 Å². The van der Waals surface area contributed by atoms with Gasteiger partial charge in [0.2, 0.25) is 0 Å². The molecule has 0 spiro atoms. The van der Waals surface area contributed by atoms with E-state index in [1.54, 1.807) is 12.1 Å². The second kappa shape index (κ2) is 15.9. The van der Waals surface area contributed by atoms with Crippen molar-refractivity contribution >= 4 is 16.7 Å². The minimum Gasteiger partial charge on any atom is -0.508 e. The number of rotatable bonds is 7. The highest BCUT2D eigenvalue weighted by atomic mass is 16.5. The zero-order valence-electron chi connectivity index (χ0n) is 28.9. The largest absolute Gasteiger partial charge is 0.508 e. The Bertz CT molecular complexity index is 1680. The van der Waals surface area contributed by atoms with Crippen LogP contribution in [-0.4, -0.2) is 16.2 Å². The summed E-state index contributed by atoms with van der Waals surface area (Å²) >= 11 is 0. The van der Waals surface area contributed by atoms with Crippen molar-refractivity contribution in [1.82, 2.24) is 0 Å². The highest BCUT2D eigenvalue weighted by Gasteiger charge is 2.28. The molecule has 246 valence electrons. The fourth-order valence-corrected chi connectivity index (χ4v) is 5.67. The summed E-state index contributed by atoms with van der Waals surface area (Å²) in [5.74, 6) is 2.29. The number of phenols is 1. The molecule has 0 saturated carbocycles. The molecule has 4 atom stereocenters. The second-order valence-electron chi connectivity index (χ2n) is 13.3. The Hall–Kier alpha value is -4.41. The van der Waals surface area contributed by atoms with Gasteiger partial charge < -0.3 is 14.9 Å². The molecule has 0 bridgehead atoms. The first-order chi connectivity index (χ1) is 22.5. The van der Waals surface area contributed by atoms with Gasteiger partial charge >= 0.3 is 5.97 Å². The van der Waals surface area contributed by atoms with Crippen LogP contribution >= 0.6 is 0 Å². The molecule has 2 N–H and O–H groups in total. The number of benzene rings is 5. The molecule has 5 aromatic rings. The second-order valence-corrected chi connectivity index (χ2v) is 13.3. The lowest BCUT2D eigenvalue weighted by molar-refractivity contribution is -0.144. The Labute approximate surface area is 281 Å². The van der Waals surface area contributed by atoms with Crippen molar-refractivity contribution in [2.75, 3.05) is 0 Å². The lowest BCUT2D eigenvalue weighted by atomic mass is 9.91. The minimum absolute atomic E-state index is 0.157. The molecule has 4 nitrogen and oxygen atoms in total. The van der Waals surface area contributed by atoms with Crippen LogP contribution in [0, 0.1) is 5.41 Å². The number of aliphatic hydroxyl groups excluding tert-OH is 1. The van der Waals surface area contributed by atoms with E-state index < -0.39 is 11.5 Å². The van der Waals surface area contributed by atoms with Gasteiger partial charge in [-0.05, 0) is 107 Å². The van der Waals surface area contributed by atoms with Gasteiger partial charge in [-0.2, -0.15) is 0 Å². The van der Waals surface area contributed by atoms with Crippen molar-refractivity contribution in [3.8, 4) is 11.5 Å². The Kier molecular flexibility index (Phi) is 12.0. The molecule has 0 radical (unpaired) electrons. The van der Waals surface area contributed by atoms with Gasteiger partial charge in [0, 0.05) is 0 Å². The van der Waals surface area contributed by atoms with Crippen molar-refractivity contribution < 1.29 is 19.7 Å². The quantitative estimate of drug-likeness (QED) is 0.139. The predicted octanol–water partition coefficient (Wildman–Crippen LogP) is 11.1. The van der Waals surface area contributed by atoms with Crippen LogP contribution in [0.3, 0.4) is 0 Å². The third-order valence-corrected chi connectivity index (χ3v) is 9.73. The third kappa shape index (κ3) is 8.69. The highest BCUT2D eigenvalue weighted by molar-refractivity contribution is 5.92. The van der Waals surface area contributed by atoms with Crippen LogP contribution in [-0.2, 0) is 4.79 Å². The topological polar surface area (TPSA) is 66.8 Å². The van der Waals surface area contributed by atoms with E-state index in [9.17, 15) is 9.90 Å². The summed E-state index contributed by atoms with van der Waals surface area (Å²) in [4.78, 5) is 11.7.